The monoisotopic (exact) mass is 332 g/mol. The highest BCUT2D eigenvalue weighted by Crippen LogP contribution is 2.29. The minimum atomic E-state index is -0.110. The lowest BCUT2D eigenvalue weighted by molar-refractivity contribution is -0.120. The van der Waals surface area contributed by atoms with E-state index in [2.05, 4.69) is 10.6 Å². The van der Waals surface area contributed by atoms with Crippen LogP contribution in [0.15, 0.2) is 18.2 Å². The number of nitrogens with one attached hydrogen (secondary N) is 2. The van der Waals surface area contributed by atoms with Crippen molar-refractivity contribution < 1.29 is 19.0 Å². The van der Waals surface area contributed by atoms with E-state index in [9.17, 15) is 4.79 Å². The maximum atomic E-state index is 11.8. The summed E-state index contributed by atoms with van der Waals surface area (Å²) < 4.78 is 15.4. The first-order chi connectivity index (χ1) is 10.1. The first-order valence-electron chi connectivity index (χ1n) is 6.83. The number of carbonyl (C=O) groups excluding carboxylic acids is 1. The quantitative estimate of drug-likeness (QED) is 0.671. The fraction of sp³-hybridized carbons (Fsp3) is 0.533. The van der Waals surface area contributed by atoms with Crippen LogP contribution in [0.1, 0.15) is 18.5 Å². The number of rotatable bonds is 9. The largest absolute Gasteiger partial charge is 0.493 e. The SMILES string of the molecule is COCCNCC(=O)NC(C)c1ccc(OC)c(OC)c1.Cl. The van der Waals surface area contributed by atoms with Crippen molar-refractivity contribution in [3.63, 3.8) is 0 Å². The van der Waals surface area contributed by atoms with E-state index in [1.807, 2.05) is 25.1 Å². The van der Waals surface area contributed by atoms with Gasteiger partial charge in [-0.05, 0) is 24.6 Å². The molecule has 1 unspecified atom stereocenters. The predicted octanol–water partition coefficient (Wildman–Crippen LogP) is 1.54. The Labute approximate surface area is 137 Å². The molecule has 0 saturated heterocycles. The van der Waals surface area contributed by atoms with E-state index in [0.717, 1.165) is 5.56 Å². The van der Waals surface area contributed by atoms with Gasteiger partial charge in [0.25, 0.3) is 0 Å². The van der Waals surface area contributed by atoms with Crippen LogP contribution in [-0.4, -0.2) is 46.9 Å². The molecular formula is C15H25ClN2O4. The lowest BCUT2D eigenvalue weighted by Crippen LogP contribution is -2.36. The molecular weight excluding hydrogens is 308 g/mol. The van der Waals surface area contributed by atoms with Crippen LogP contribution >= 0.6 is 12.4 Å². The van der Waals surface area contributed by atoms with E-state index < -0.39 is 0 Å². The molecule has 7 heteroatoms. The lowest BCUT2D eigenvalue weighted by atomic mass is 10.1. The fourth-order valence-corrected chi connectivity index (χ4v) is 1.87. The number of benzene rings is 1. The van der Waals surface area contributed by atoms with Crippen molar-refractivity contribution in [2.24, 2.45) is 0 Å². The van der Waals surface area contributed by atoms with Gasteiger partial charge in [0, 0.05) is 13.7 Å². The van der Waals surface area contributed by atoms with Crippen molar-refractivity contribution in [2.75, 3.05) is 41.0 Å². The molecule has 1 aromatic rings. The molecule has 22 heavy (non-hydrogen) atoms. The zero-order valence-corrected chi connectivity index (χ0v) is 14.3. The maximum Gasteiger partial charge on any atom is 0.234 e. The van der Waals surface area contributed by atoms with Gasteiger partial charge in [0.15, 0.2) is 11.5 Å². The second-order valence-corrected chi connectivity index (χ2v) is 4.57. The highest BCUT2D eigenvalue weighted by Gasteiger charge is 2.12. The van der Waals surface area contributed by atoms with Gasteiger partial charge in [0.05, 0.1) is 33.4 Å². The standard InChI is InChI=1S/C15H24N2O4.ClH/c1-11(17-15(18)10-16-7-8-19-2)12-5-6-13(20-3)14(9-12)21-4;/h5-6,9,11,16H,7-8,10H2,1-4H3,(H,17,18);1H. The van der Waals surface area contributed by atoms with E-state index in [-0.39, 0.29) is 30.9 Å². The smallest absolute Gasteiger partial charge is 0.234 e. The molecule has 0 aliphatic carbocycles. The summed E-state index contributed by atoms with van der Waals surface area (Å²) >= 11 is 0. The zero-order valence-electron chi connectivity index (χ0n) is 13.5. The number of ether oxygens (including phenoxy) is 3. The van der Waals surface area contributed by atoms with Crippen molar-refractivity contribution in [2.45, 2.75) is 13.0 Å². The summed E-state index contributed by atoms with van der Waals surface area (Å²) in [4.78, 5) is 11.8. The van der Waals surface area contributed by atoms with Gasteiger partial charge >= 0.3 is 0 Å². The Kier molecular flexibility index (Phi) is 10.4. The average Bonchev–Trinajstić information content (AvgIpc) is 2.50. The number of amides is 1. The Morgan fingerprint density at radius 2 is 1.86 bits per heavy atom. The third kappa shape index (κ3) is 6.51. The van der Waals surface area contributed by atoms with Crippen LogP contribution in [0, 0.1) is 0 Å². The van der Waals surface area contributed by atoms with E-state index >= 15 is 0 Å². The van der Waals surface area contributed by atoms with Crippen molar-refractivity contribution in [3.05, 3.63) is 23.8 Å². The van der Waals surface area contributed by atoms with E-state index in [1.165, 1.54) is 0 Å². The molecule has 1 rings (SSSR count). The van der Waals surface area contributed by atoms with Gasteiger partial charge in [-0.15, -0.1) is 12.4 Å². The zero-order chi connectivity index (χ0) is 15.7. The van der Waals surface area contributed by atoms with Crippen LogP contribution in [0.4, 0.5) is 0 Å². The van der Waals surface area contributed by atoms with Crippen molar-refractivity contribution in [3.8, 4) is 11.5 Å². The van der Waals surface area contributed by atoms with Gasteiger partial charge in [-0.25, -0.2) is 0 Å². The summed E-state index contributed by atoms with van der Waals surface area (Å²) in [6.07, 6.45) is 0. The van der Waals surface area contributed by atoms with Crippen molar-refractivity contribution in [1.82, 2.24) is 10.6 Å². The summed E-state index contributed by atoms with van der Waals surface area (Å²) in [5.74, 6) is 1.25. The normalized spacial score (nSPS) is 11.3. The highest BCUT2D eigenvalue weighted by atomic mass is 35.5. The minimum absolute atomic E-state index is 0. The van der Waals surface area contributed by atoms with E-state index in [4.69, 9.17) is 14.2 Å². The molecule has 0 bridgehead atoms. The van der Waals surface area contributed by atoms with Crippen molar-refractivity contribution in [1.29, 1.82) is 0 Å². The van der Waals surface area contributed by atoms with Gasteiger partial charge in [0.2, 0.25) is 5.91 Å². The topological polar surface area (TPSA) is 68.8 Å². The summed E-state index contributed by atoms with van der Waals surface area (Å²) in [7, 11) is 4.81. The highest BCUT2D eigenvalue weighted by molar-refractivity contribution is 5.85. The molecule has 1 aromatic carbocycles. The van der Waals surface area contributed by atoms with Crippen molar-refractivity contribution >= 4 is 18.3 Å². The summed E-state index contributed by atoms with van der Waals surface area (Å²) in [6, 6.07) is 5.49. The maximum absolute atomic E-state index is 11.8. The Balaban J connectivity index is 0.00000441. The molecule has 0 aromatic heterocycles. The van der Waals surface area contributed by atoms with E-state index in [1.54, 1.807) is 21.3 Å². The Bertz CT molecular complexity index is 457. The van der Waals surface area contributed by atoms with Crippen LogP contribution in [-0.2, 0) is 9.53 Å². The fourth-order valence-electron chi connectivity index (χ4n) is 1.87. The summed E-state index contributed by atoms with van der Waals surface area (Å²) in [6.45, 7) is 3.42. The van der Waals surface area contributed by atoms with E-state index in [0.29, 0.717) is 24.7 Å². The van der Waals surface area contributed by atoms with Crippen LogP contribution in [0.2, 0.25) is 0 Å². The van der Waals surface area contributed by atoms with Crippen LogP contribution < -0.4 is 20.1 Å². The predicted molar refractivity (Wildman–Crippen MR) is 88.1 cm³/mol. The van der Waals surface area contributed by atoms with Crippen LogP contribution in [0.5, 0.6) is 11.5 Å². The molecule has 6 nitrogen and oxygen atoms in total. The molecule has 0 radical (unpaired) electrons. The lowest BCUT2D eigenvalue weighted by Gasteiger charge is -2.16. The second-order valence-electron chi connectivity index (χ2n) is 4.57. The summed E-state index contributed by atoms with van der Waals surface area (Å²) in [5, 5.41) is 5.93. The Morgan fingerprint density at radius 1 is 1.18 bits per heavy atom. The first kappa shape index (κ1) is 20.5. The van der Waals surface area contributed by atoms with Gasteiger partial charge in [-0.3, -0.25) is 4.79 Å². The first-order valence-corrected chi connectivity index (χ1v) is 6.83. The average molecular weight is 333 g/mol. The molecule has 0 saturated carbocycles. The third-order valence-electron chi connectivity index (χ3n) is 3.05. The number of carbonyl (C=O) groups is 1. The molecule has 126 valence electrons. The molecule has 0 fully saturated rings. The number of hydrogen-bond donors (Lipinski definition) is 2. The Morgan fingerprint density at radius 3 is 2.45 bits per heavy atom. The number of methoxy groups -OCH3 is 3. The number of hydrogen-bond acceptors (Lipinski definition) is 5. The Hall–Kier alpha value is -1.50. The van der Waals surface area contributed by atoms with Gasteiger partial charge < -0.3 is 24.8 Å². The van der Waals surface area contributed by atoms with Gasteiger partial charge in [0.1, 0.15) is 0 Å². The molecule has 0 heterocycles. The van der Waals surface area contributed by atoms with Gasteiger partial charge in [-0.1, -0.05) is 6.07 Å². The third-order valence-corrected chi connectivity index (χ3v) is 3.05. The second kappa shape index (κ2) is 11.1. The molecule has 0 spiro atoms. The molecule has 2 N–H and O–H groups in total. The molecule has 1 amide bonds. The van der Waals surface area contributed by atoms with Crippen LogP contribution in [0.25, 0.3) is 0 Å². The van der Waals surface area contributed by atoms with Gasteiger partial charge in [-0.2, -0.15) is 0 Å². The minimum Gasteiger partial charge on any atom is -0.493 e. The number of halogens is 1. The summed E-state index contributed by atoms with van der Waals surface area (Å²) in [5.41, 5.74) is 0.956. The molecule has 1 atom stereocenters. The van der Waals surface area contributed by atoms with Crippen LogP contribution in [0.3, 0.4) is 0 Å². The molecule has 0 aliphatic rings. The molecule has 0 aliphatic heterocycles.